The predicted octanol–water partition coefficient (Wildman–Crippen LogP) is 2.68. The topological polar surface area (TPSA) is 53.8 Å². The van der Waals surface area contributed by atoms with E-state index in [0.29, 0.717) is 21.3 Å². The van der Waals surface area contributed by atoms with Gasteiger partial charge in [-0.3, -0.25) is 9.67 Å². The molecule has 1 heterocycles. The molecule has 0 bridgehead atoms. The van der Waals surface area contributed by atoms with Crippen molar-refractivity contribution in [2.24, 2.45) is 0 Å². The van der Waals surface area contributed by atoms with E-state index in [-0.39, 0.29) is 6.61 Å². The van der Waals surface area contributed by atoms with Gasteiger partial charge in [0.25, 0.3) is 0 Å². The predicted molar refractivity (Wildman–Crippen MR) is 72.4 cm³/mol. The molecule has 7 heteroatoms. The van der Waals surface area contributed by atoms with Gasteiger partial charge in [-0.1, -0.05) is 11.6 Å². The van der Waals surface area contributed by atoms with Crippen molar-refractivity contribution in [2.75, 3.05) is 0 Å². The van der Waals surface area contributed by atoms with Gasteiger partial charge in [0.05, 0.1) is 10.7 Å². The van der Waals surface area contributed by atoms with Crippen LogP contribution in [-0.2, 0) is 6.61 Å². The van der Waals surface area contributed by atoms with Crippen LogP contribution in [-0.4, -0.2) is 19.9 Å². The van der Waals surface area contributed by atoms with Gasteiger partial charge >= 0.3 is 0 Å². The molecule has 0 atom stereocenters. The van der Waals surface area contributed by atoms with E-state index in [2.05, 4.69) is 32.8 Å². The lowest BCUT2D eigenvalue weighted by molar-refractivity contribution is 0.269. The number of rotatable bonds is 2. The molecular formula is C9H7ClIN3OS. The van der Waals surface area contributed by atoms with Gasteiger partial charge in [-0.2, -0.15) is 5.10 Å². The Morgan fingerprint density at radius 1 is 1.56 bits per heavy atom. The minimum absolute atomic E-state index is 0.199. The Morgan fingerprint density at radius 2 is 2.31 bits per heavy atom. The number of aliphatic hydroxyl groups excluding tert-OH is 1. The number of nitrogens with zero attached hydrogens (tertiary/aromatic N) is 2. The number of aromatic amines is 1. The number of aliphatic hydroxyl groups is 1. The van der Waals surface area contributed by atoms with Crippen molar-refractivity contribution in [3.63, 3.8) is 0 Å². The van der Waals surface area contributed by atoms with E-state index in [1.54, 1.807) is 4.57 Å². The first-order chi connectivity index (χ1) is 7.63. The third-order valence-corrected chi connectivity index (χ3v) is 3.28. The van der Waals surface area contributed by atoms with Gasteiger partial charge in [-0.25, -0.2) is 0 Å². The Bertz CT molecular complexity index is 580. The summed E-state index contributed by atoms with van der Waals surface area (Å²) in [5.74, 6) is 0.438. The zero-order valence-electron chi connectivity index (χ0n) is 7.94. The van der Waals surface area contributed by atoms with Crippen molar-refractivity contribution in [3.05, 3.63) is 37.4 Å². The molecule has 2 N–H and O–H groups in total. The van der Waals surface area contributed by atoms with Gasteiger partial charge in [0.1, 0.15) is 6.61 Å². The normalized spacial score (nSPS) is 10.7. The lowest BCUT2D eigenvalue weighted by Crippen LogP contribution is -2.02. The number of nitrogens with one attached hydrogen (secondary N) is 1. The second-order valence-electron chi connectivity index (χ2n) is 3.03. The van der Waals surface area contributed by atoms with Crippen LogP contribution in [0.1, 0.15) is 5.82 Å². The molecule has 0 fully saturated rings. The number of hydrogen-bond donors (Lipinski definition) is 2. The van der Waals surface area contributed by atoms with Crippen LogP contribution in [0.4, 0.5) is 0 Å². The van der Waals surface area contributed by atoms with E-state index < -0.39 is 0 Å². The molecule has 0 aliphatic heterocycles. The molecule has 16 heavy (non-hydrogen) atoms. The van der Waals surface area contributed by atoms with E-state index in [1.165, 1.54) is 0 Å². The minimum atomic E-state index is -0.199. The number of aromatic nitrogens is 3. The molecule has 4 nitrogen and oxygen atoms in total. The summed E-state index contributed by atoms with van der Waals surface area (Å²) in [6.07, 6.45) is 0. The fourth-order valence-electron chi connectivity index (χ4n) is 1.35. The fourth-order valence-corrected chi connectivity index (χ4v) is 2.54. The molecule has 0 spiro atoms. The first-order valence-electron chi connectivity index (χ1n) is 4.36. The number of H-pyrrole nitrogens is 1. The summed E-state index contributed by atoms with van der Waals surface area (Å²) >= 11 is 13.4. The van der Waals surface area contributed by atoms with Crippen LogP contribution in [0.25, 0.3) is 5.69 Å². The molecular weight excluding hydrogens is 361 g/mol. The highest BCUT2D eigenvalue weighted by Gasteiger charge is 2.10. The Balaban J connectivity index is 2.67. The SMILES string of the molecule is OCc1n[nH]c(=S)n1-c1ccc(I)cc1Cl. The average Bonchev–Trinajstić information content (AvgIpc) is 2.60. The molecule has 0 radical (unpaired) electrons. The molecule has 0 aliphatic rings. The molecule has 2 rings (SSSR count). The smallest absolute Gasteiger partial charge is 0.199 e. The number of halogens is 2. The molecule has 2 aromatic rings. The molecule has 0 saturated heterocycles. The summed E-state index contributed by atoms with van der Waals surface area (Å²) in [7, 11) is 0. The van der Waals surface area contributed by atoms with Crippen molar-refractivity contribution in [3.8, 4) is 5.69 Å². The molecule has 0 aliphatic carbocycles. The second kappa shape index (κ2) is 4.82. The van der Waals surface area contributed by atoms with Crippen LogP contribution in [0.3, 0.4) is 0 Å². The lowest BCUT2D eigenvalue weighted by Gasteiger charge is -2.07. The van der Waals surface area contributed by atoms with Crippen molar-refractivity contribution < 1.29 is 5.11 Å². The van der Waals surface area contributed by atoms with Crippen molar-refractivity contribution in [2.45, 2.75) is 6.61 Å². The van der Waals surface area contributed by atoms with E-state index >= 15 is 0 Å². The van der Waals surface area contributed by atoms with Crippen LogP contribution in [0.15, 0.2) is 18.2 Å². The maximum absolute atomic E-state index is 9.14. The molecule has 84 valence electrons. The van der Waals surface area contributed by atoms with Crippen molar-refractivity contribution >= 4 is 46.4 Å². The van der Waals surface area contributed by atoms with Crippen LogP contribution in [0.2, 0.25) is 5.02 Å². The molecule has 1 aromatic heterocycles. The molecule has 0 saturated carbocycles. The van der Waals surface area contributed by atoms with Gasteiger partial charge in [0.15, 0.2) is 10.6 Å². The average molecular weight is 368 g/mol. The summed E-state index contributed by atoms with van der Waals surface area (Å²) in [5.41, 5.74) is 0.713. The van der Waals surface area contributed by atoms with Gasteiger partial charge in [-0.15, -0.1) is 0 Å². The molecule has 0 amide bonds. The Labute approximate surface area is 115 Å². The van der Waals surface area contributed by atoms with Crippen LogP contribution < -0.4 is 0 Å². The first-order valence-corrected chi connectivity index (χ1v) is 6.22. The van der Waals surface area contributed by atoms with Gasteiger partial charge in [-0.05, 0) is 53.0 Å². The maximum atomic E-state index is 9.14. The summed E-state index contributed by atoms with van der Waals surface area (Å²) < 4.78 is 3.06. The molecule has 0 unspecified atom stereocenters. The van der Waals surface area contributed by atoms with E-state index in [1.807, 2.05) is 18.2 Å². The highest BCUT2D eigenvalue weighted by molar-refractivity contribution is 14.1. The largest absolute Gasteiger partial charge is 0.388 e. The summed E-state index contributed by atoms with van der Waals surface area (Å²) in [4.78, 5) is 0. The molecule has 1 aromatic carbocycles. The van der Waals surface area contributed by atoms with Gasteiger partial charge in [0.2, 0.25) is 0 Å². The number of benzene rings is 1. The van der Waals surface area contributed by atoms with E-state index in [0.717, 1.165) is 3.57 Å². The highest BCUT2D eigenvalue weighted by Crippen LogP contribution is 2.23. The fraction of sp³-hybridized carbons (Fsp3) is 0.111. The number of hydrogen-bond acceptors (Lipinski definition) is 3. The quantitative estimate of drug-likeness (QED) is 0.634. The zero-order valence-corrected chi connectivity index (χ0v) is 11.7. The zero-order chi connectivity index (χ0) is 11.7. The van der Waals surface area contributed by atoms with Crippen molar-refractivity contribution in [1.82, 2.24) is 14.8 Å². The summed E-state index contributed by atoms with van der Waals surface area (Å²) in [6, 6.07) is 5.58. The monoisotopic (exact) mass is 367 g/mol. The van der Waals surface area contributed by atoms with Crippen LogP contribution in [0, 0.1) is 8.34 Å². The first kappa shape index (κ1) is 12.0. The highest BCUT2D eigenvalue weighted by atomic mass is 127. The van der Waals surface area contributed by atoms with E-state index in [4.69, 9.17) is 28.9 Å². The summed E-state index contributed by atoms with van der Waals surface area (Å²) in [5, 5.41) is 16.2. The Kier molecular flexibility index (Phi) is 3.63. The standard InChI is InChI=1S/C9H7ClIN3OS/c10-6-3-5(11)1-2-7(6)14-8(4-15)12-13-9(14)16/h1-3,15H,4H2,(H,13,16). The summed E-state index contributed by atoms with van der Waals surface area (Å²) in [6.45, 7) is -0.199. The lowest BCUT2D eigenvalue weighted by atomic mass is 10.3. The van der Waals surface area contributed by atoms with Gasteiger partial charge in [0, 0.05) is 3.57 Å². The minimum Gasteiger partial charge on any atom is -0.388 e. The van der Waals surface area contributed by atoms with Crippen LogP contribution >= 0.6 is 46.4 Å². The second-order valence-corrected chi connectivity index (χ2v) is 5.07. The Morgan fingerprint density at radius 3 is 2.94 bits per heavy atom. The maximum Gasteiger partial charge on any atom is 0.199 e. The third-order valence-electron chi connectivity index (χ3n) is 2.03. The Hall–Kier alpha value is -0.440. The third kappa shape index (κ3) is 2.15. The van der Waals surface area contributed by atoms with Crippen LogP contribution in [0.5, 0.6) is 0 Å². The van der Waals surface area contributed by atoms with Gasteiger partial charge < -0.3 is 5.11 Å². The van der Waals surface area contributed by atoms with E-state index in [9.17, 15) is 0 Å². The van der Waals surface area contributed by atoms with Crippen molar-refractivity contribution in [1.29, 1.82) is 0 Å².